The third-order valence-electron chi connectivity index (χ3n) is 3.75. The minimum Gasteiger partial charge on any atom is -0.316 e. The van der Waals surface area contributed by atoms with Gasteiger partial charge in [0.2, 0.25) is 0 Å². The van der Waals surface area contributed by atoms with Gasteiger partial charge < -0.3 is 10.2 Å². The summed E-state index contributed by atoms with van der Waals surface area (Å²) in [4.78, 5) is 5.13. The summed E-state index contributed by atoms with van der Waals surface area (Å²) in [6, 6.07) is 0.838. The highest BCUT2D eigenvalue weighted by Gasteiger charge is 2.28. The van der Waals surface area contributed by atoms with Crippen LogP contribution in [0.3, 0.4) is 0 Å². The lowest BCUT2D eigenvalue weighted by Crippen LogP contribution is -2.54. The van der Waals surface area contributed by atoms with E-state index >= 15 is 0 Å². The van der Waals surface area contributed by atoms with E-state index in [0.29, 0.717) is 0 Å². The molecular formula is C11H23N3. The Morgan fingerprint density at radius 3 is 2.50 bits per heavy atom. The summed E-state index contributed by atoms with van der Waals surface area (Å²) in [6.45, 7) is 9.83. The molecule has 0 spiro atoms. The lowest BCUT2D eigenvalue weighted by Gasteiger charge is -2.42. The van der Waals surface area contributed by atoms with Crippen molar-refractivity contribution in [2.75, 3.05) is 46.3 Å². The Bertz CT molecular complexity index is 175. The van der Waals surface area contributed by atoms with E-state index in [1.54, 1.807) is 0 Å². The fraction of sp³-hybridized carbons (Fsp3) is 1.00. The van der Waals surface area contributed by atoms with Crippen LogP contribution in [0.5, 0.6) is 0 Å². The molecule has 82 valence electrons. The zero-order chi connectivity index (χ0) is 9.97. The molecule has 3 nitrogen and oxygen atoms in total. The summed E-state index contributed by atoms with van der Waals surface area (Å²) < 4.78 is 0. The molecule has 2 fully saturated rings. The maximum absolute atomic E-state index is 3.48. The molecule has 0 radical (unpaired) electrons. The van der Waals surface area contributed by atoms with E-state index in [1.807, 2.05) is 0 Å². The molecule has 0 aromatic carbocycles. The standard InChI is InChI=1S/C11H23N3/c1-10-9-12-4-3-11(10)14-7-5-13(2)6-8-14/h10-12H,3-9H2,1-2H3/t10-,11-/m1/s1. The first-order valence-electron chi connectivity index (χ1n) is 5.90. The average Bonchev–Trinajstić information content (AvgIpc) is 2.20. The SMILES string of the molecule is C[C@@H]1CNCC[C@H]1N1CCN(C)CC1. The Labute approximate surface area is 87.4 Å². The molecule has 0 unspecified atom stereocenters. The highest BCUT2D eigenvalue weighted by atomic mass is 15.3. The molecule has 3 heteroatoms. The second-order valence-electron chi connectivity index (χ2n) is 4.88. The summed E-state index contributed by atoms with van der Waals surface area (Å²) in [5, 5.41) is 3.48. The number of hydrogen-bond acceptors (Lipinski definition) is 3. The molecule has 2 aliphatic heterocycles. The number of rotatable bonds is 1. The molecule has 0 amide bonds. The molecule has 1 N–H and O–H groups in total. The fourth-order valence-electron chi connectivity index (χ4n) is 2.70. The topological polar surface area (TPSA) is 18.5 Å². The van der Waals surface area contributed by atoms with Crippen LogP contribution in [0.25, 0.3) is 0 Å². The molecule has 2 atom stereocenters. The van der Waals surface area contributed by atoms with Crippen molar-refractivity contribution in [2.45, 2.75) is 19.4 Å². The van der Waals surface area contributed by atoms with Crippen molar-refractivity contribution >= 4 is 0 Å². The number of nitrogens with zero attached hydrogens (tertiary/aromatic N) is 2. The maximum atomic E-state index is 3.48. The Hall–Kier alpha value is -0.120. The maximum Gasteiger partial charge on any atom is 0.0146 e. The predicted octanol–water partition coefficient (Wildman–Crippen LogP) is 0.232. The van der Waals surface area contributed by atoms with Gasteiger partial charge >= 0.3 is 0 Å². The number of piperidine rings is 1. The smallest absolute Gasteiger partial charge is 0.0146 e. The van der Waals surface area contributed by atoms with Crippen molar-refractivity contribution < 1.29 is 0 Å². The van der Waals surface area contributed by atoms with E-state index in [9.17, 15) is 0 Å². The number of hydrogen-bond donors (Lipinski definition) is 1. The second kappa shape index (κ2) is 4.60. The van der Waals surface area contributed by atoms with Crippen molar-refractivity contribution in [2.24, 2.45) is 5.92 Å². The van der Waals surface area contributed by atoms with Crippen molar-refractivity contribution in [3.8, 4) is 0 Å². The third kappa shape index (κ3) is 2.27. The van der Waals surface area contributed by atoms with Gasteiger partial charge in [0, 0.05) is 32.2 Å². The van der Waals surface area contributed by atoms with Crippen LogP contribution in [0.2, 0.25) is 0 Å². The zero-order valence-electron chi connectivity index (χ0n) is 9.50. The van der Waals surface area contributed by atoms with Crippen LogP contribution in [0.1, 0.15) is 13.3 Å². The Morgan fingerprint density at radius 1 is 1.14 bits per heavy atom. The van der Waals surface area contributed by atoms with Crippen LogP contribution in [0.4, 0.5) is 0 Å². The second-order valence-corrected chi connectivity index (χ2v) is 4.88. The monoisotopic (exact) mass is 197 g/mol. The largest absolute Gasteiger partial charge is 0.316 e. The lowest BCUT2D eigenvalue weighted by molar-refractivity contribution is 0.0689. The first-order valence-corrected chi connectivity index (χ1v) is 5.90. The van der Waals surface area contributed by atoms with E-state index in [1.165, 1.54) is 45.7 Å². The molecule has 0 aromatic rings. The van der Waals surface area contributed by atoms with E-state index in [4.69, 9.17) is 0 Å². The van der Waals surface area contributed by atoms with Crippen LogP contribution in [-0.4, -0.2) is 62.2 Å². The first kappa shape index (κ1) is 10.4. The fourth-order valence-corrected chi connectivity index (χ4v) is 2.70. The molecule has 2 aliphatic rings. The normalized spacial score (nSPS) is 37.3. The van der Waals surface area contributed by atoms with Gasteiger partial charge in [0.1, 0.15) is 0 Å². The molecule has 0 aliphatic carbocycles. The number of piperazine rings is 1. The number of nitrogens with one attached hydrogen (secondary N) is 1. The van der Waals surface area contributed by atoms with Gasteiger partial charge in [-0.15, -0.1) is 0 Å². The minimum atomic E-state index is 0.826. The molecule has 0 bridgehead atoms. The Balaban J connectivity index is 1.87. The van der Waals surface area contributed by atoms with E-state index in [-0.39, 0.29) is 0 Å². The predicted molar refractivity (Wildman–Crippen MR) is 59.5 cm³/mol. The molecule has 14 heavy (non-hydrogen) atoms. The van der Waals surface area contributed by atoms with Crippen LogP contribution in [0.15, 0.2) is 0 Å². The minimum absolute atomic E-state index is 0.826. The quantitative estimate of drug-likeness (QED) is 0.649. The summed E-state index contributed by atoms with van der Waals surface area (Å²) in [7, 11) is 2.23. The van der Waals surface area contributed by atoms with Crippen LogP contribution >= 0.6 is 0 Å². The van der Waals surface area contributed by atoms with E-state index in [2.05, 4.69) is 29.1 Å². The third-order valence-corrected chi connectivity index (χ3v) is 3.75. The summed E-state index contributed by atoms with van der Waals surface area (Å²) >= 11 is 0. The van der Waals surface area contributed by atoms with Crippen molar-refractivity contribution in [1.82, 2.24) is 15.1 Å². The van der Waals surface area contributed by atoms with Gasteiger partial charge in [0.15, 0.2) is 0 Å². The van der Waals surface area contributed by atoms with Crippen molar-refractivity contribution in [3.63, 3.8) is 0 Å². The molecule has 0 saturated carbocycles. The van der Waals surface area contributed by atoms with Crippen molar-refractivity contribution in [1.29, 1.82) is 0 Å². The van der Waals surface area contributed by atoms with Crippen LogP contribution < -0.4 is 5.32 Å². The van der Waals surface area contributed by atoms with Crippen molar-refractivity contribution in [3.05, 3.63) is 0 Å². The molecular weight excluding hydrogens is 174 g/mol. The van der Waals surface area contributed by atoms with Gasteiger partial charge in [-0.25, -0.2) is 0 Å². The first-order chi connectivity index (χ1) is 6.77. The van der Waals surface area contributed by atoms with E-state index < -0.39 is 0 Å². The van der Waals surface area contributed by atoms with Gasteiger partial charge in [-0.3, -0.25) is 4.90 Å². The van der Waals surface area contributed by atoms with Crippen LogP contribution in [-0.2, 0) is 0 Å². The molecule has 2 rings (SSSR count). The molecule has 0 aromatic heterocycles. The Morgan fingerprint density at radius 2 is 1.86 bits per heavy atom. The van der Waals surface area contributed by atoms with Gasteiger partial charge in [0.05, 0.1) is 0 Å². The molecule has 2 heterocycles. The summed E-state index contributed by atoms with van der Waals surface area (Å²) in [5.74, 6) is 0.826. The van der Waals surface area contributed by atoms with E-state index in [0.717, 1.165) is 12.0 Å². The van der Waals surface area contributed by atoms with Crippen LogP contribution in [0, 0.1) is 5.92 Å². The zero-order valence-corrected chi connectivity index (χ0v) is 9.50. The summed E-state index contributed by atoms with van der Waals surface area (Å²) in [5.41, 5.74) is 0. The molecule has 2 saturated heterocycles. The average molecular weight is 197 g/mol. The van der Waals surface area contributed by atoms with Gasteiger partial charge in [-0.2, -0.15) is 0 Å². The highest BCUT2D eigenvalue weighted by molar-refractivity contribution is 4.85. The van der Waals surface area contributed by atoms with Gasteiger partial charge in [-0.1, -0.05) is 6.92 Å². The Kier molecular flexibility index (Phi) is 3.42. The number of likely N-dealkylation sites (N-methyl/N-ethyl adjacent to an activating group) is 1. The van der Waals surface area contributed by atoms with Gasteiger partial charge in [-0.05, 0) is 32.5 Å². The lowest BCUT2D eigenvalue weighted by atomic mass is 9.93. The van der Waals surface area contributed by atoms with Gasteiger partial charge in [0.25, 0.3) is 0 Å². The highest BCUT2D eigenvalue weighted by Crippen LogP contribution is 2.18. The summed E-state index contributed by atoms with van der Waals surface area (Å²) in [6.07, 6.45) is 1.34.